The molecule has 2 aromatic rings. The van der Waals surface area contributed by atoms with Crippen LogP contribution in [0.1, 0.15) is 5.56 Å². The maximum absolute atomic E-state index is 11.8. The number of rotatable bonds is 2. The van der Waals surface area contributed by atoms with Gasteiger partial charge in [-0.25, -0.2) is 4.79 Å². The molecule has 0 amide bonds. The van der Waals surface area contributed by atoms with E-state index in [0.29, 0.717) is 11.4 Å². The van der Waals surface area contributed by atoms with E-state index in [4.69, 9.17) is 9.68 Å². The van der Waals surface area contributed by atoms with Gasteiger partial charge < -0.3 is 9.32 Å². The van der Waals surface area contributed by atoms with Gasteiger partial charge in [0.1, 0.15) is 11.8 Å². The summed E-state index contributed by atoms with van der Waals surface area (Å²) in [7, 11) is 3.56. The van der Waals surface area contributed by atoms with Crippen molar-refractivity contribution in [3.63, 3.8) is 0 Å². The average molecular weight is 240 g/mol. The fourth-order valence-corrected chi connectivity index (χ4v) is 1.68. The maximum atomic E-state index is 11.8. The highest BCUT2D eigenvalue weighted by Crippen LogP contribution is 2.24. The number of nitriles is 1. The molecule has 1 aromatic heterocycles. The van der Waals surface area contributed by atoms with Crippen LogP contribution in [0.2, 0.25) is 0 Å². The molecule has 2 rings (SSSR count). The summed E-state index contributed by atoms with van der Waals surface area (Å²) in [5.41, 5.74) is 0.789. The van der Waals surface area contributed by atoms with Crippen molar-refractivity contribution in [3.8, 4) is 17.4 Å². The van der Waals surface area contributed by atoms with E-state index in [1.54, 1.807) is 25.1 Å². The molecule has 18 heavy (non-hydrogen) atoms. The molecule has 0 unspecified atom stereocenters. The Kier molecular flexibility index (Phi) is 3.16. The largest absolute Gasteiger partial charge is 0.422 e. The van der Waals surface area contributed by atoms with Gasteiger partial charge in [0.15, 0.2) is 5.56 Å². The molecule has 0 radical (unpaired) electrons. The van der Waals surface area contributed by atoms with Gasteiger partial charge in [0.05, 0.1) is 5.69 Å². The van der Waals surface area contributed by atoms with Gasteiger partial charge in [-0.3, -0.25) is 0 Å². The molecule has 0 spiro atoms. The molecule has 0 fully saturated rings. The van der Waals surface area contributed by atoms with Crippen molar-refractivity contribution in [2.45, 2.75) is 0 Å². The normalized spacial score (nSPS) is 9.83. The Balaban J connectivity index is 2.67. The van der Waals surface area contributed by atoms with Crippen LogP contribution >= 0.6 is 0 Å². The molecular weight excluding hydrogens is 228 g/mol. The Labute approximate surface area is 105 Å². The van der Waals surface area contributed by atoms with Crippen LogP contribution in [-0.4, -0.2) is 14.1 Å². The van der Waals surface area contributed by atoms with Gasteiger partial charge in [0.2, 0.25) is 0 Å². The highest BCUT2D eigenvalue weighted by molar-refractivity contribution is 5.66. The molecule has 0 aliphatic heterocycles. The van der Waals surface area contributed by atoms with Gasteiger partial charge >= 0.3 is 5.63 Å². The van der Waals surface area contributed by atoms with Crippen molar-refractivity contribution in [3.05, 3.63) is 52.4 Å². The average Bonchev–Trinajstić information content (AvgIpc) is 2.38. The summed E-state index contributed by atoms with van der Waals surface area (Å²) in [6, 6.07) is 12.9. The van der Waals surface area contributed by atoms with E-state index in [1.165, 1.54) is 0 Å². The van der Waals surface area contributed by atoms with E-state index in [-0.39, 0.29) is 5.56 Å². The molecule has 4 nitrogen and oxygen atoms in total. The molecule has 0 aliphatic rings. The molecule has 0 N–H and O–H groups in total. The highest BCUT2D eigenvalue weighted by atomic mass is 16.4. The molecule has 0 aliphatic carbocycles. The van der Waals surface area contributed by atoms with Crippen LogP contribution in [0.4, 0.5) is 5.69 Å². The zero-order chi connectivity index (χ0) is 13.1. The van der Waals surface area contributed by atoms with Crippen LogP contribution in [0.3, 0.4) is 0 Å². The molecule has 1 heterocycles. The van der Waals surface area contributed by atoms with Crippen molar-refractivity contribution >= 4 is 5.69 Å². The number of nitrogens with zero attached hydrogens (tertiary/aromatic N) is 2. The smallest absolute Gasteiger partial charge is 0.356 e. The monoisotopic (exact) mass is 240 g/mol. The molecular formula is C14H12N2O2. The van der Waals surface area contributed by atoms with Crippen molar-refractivity contribution in [2.24, 2.45) is 0 Å². The van der Waals surface area contributed by atoms with Crippen LogP contribution in [0.25, 0.3) is 11.3 Å². The van der Waals surface area contributed by atoms with Crippen LogP contribution in [0.5, 0.6) is 0 Å². The second-order valence-electron chi connectivity index (χ2n) is 4.03. The third kappa shape index (κ3) is 2.11. The summed E-state index contributed by atoms with van der Waals surface area (Å²) >= 11 is 0. The third-order valence-electron chi connectivity index (χ3n) is 2.58. The Morgan fingerprint density at radius 3 is 2.44 bits per heavy atom. The van der Waals surface area contributed by atoms with Gasteiger partial charge in [-0.05, 0) is 0 Å². The molecule has 0 saturated heterocycles. The van der Waals surface area contributed by atoms with E-state index < -0.39 is 5.63 Å². The van der Waals surface area contributed by atoms with Gasteiger partial charge in [-0.2, -0.15) is 5.26 Å². The van der Waals surface area contributed by atoms with Crippen LogP contribution in [0, 0.1) is 11.3 Å². The molecule has 0 saturated carbocycles. The van der Waals surface area contributed by atoms with Gasteiger partial charge in [-0.15, -0.1) is 0 Å². The minimum absolute atomic E-state index is 0.0275. The summed E-state index contributed by atoms with van der Waals surface area (Å²) < 4.78 is 5.17. The lowest BCUT2D eigenvalue weighted by molar-refractivity contribution is 0.523. The van der Waals surface area contributed by atoms with Gasteiger partial charge in [0, 0.05) is 25.7 Å². The second kappa shape index (κ2) is 4.76. The van der Waals surface area contributed by atoms with Crippen molar-refractivity contribution in [1.29, 1.82) is 5.26 Å². The minimum atomic E-state index is -0.609. The zero-order valence-electron chi connectivity index (χ0n) is 10.2. The second-order valence-corrected chi connectivity index (χ2v) is 4.03. The predicted molar refractivity (Wildman–Crippen MR) is 69.5 cm³/mol. The highest BCUT2D eigenvalue weighted by Gasteiger charge is 2.13. The maximum Gasteiger partial charge on any atom is 0.356 e. The lowest BCUT2D eigenvalue weighted by Gasteiger charge is -2.14. The Bertz CT molecular complexity index is 652. The molecule has 1 aromatic carbocycles. The lowest BCUT2D eigenvalue weighted by Crippen LogP contribution is -2.16. The van der Waals surface area contributed by atoms with Gasteiger partial charge in [0.25, 0.3) is 0 Å². The Hall–Kier alpha value is -2.54. The summed E-state index contributed by atoms with van der Waals surface area (Å²) in [5, 5.41) is 8.97. The van der Waals surface area contributed by atoms with Crippen LogP contribution in [0.15, 0.2) is 45.6 Å². The first-order valence-electron chi connectivity index (χ1n) is 5.44. The fraction of sp³-hybridized carbons (Fsp3) is 0.143. The first-order chi connectivity index (χ1) is 8.63. The quantitative estimate of drug-likeness (QED) is 0.807. The van der Waals surface area contributed by atoms with Crippen LogP contribution in [-0.2, 0) is 0 Å². The Morgan fingerprint density at radius 1 is 1.22 bits per heavy atom. The first kappa shape index (κ1) is 11.9. The summed E-state index contributed by atoms with van der Waals surface area (Å²) in [6.07, 6.45) is 0. The number of hydrogen-bond donors (Lipinski definition) is 0. The molecule has 0 atom stereocenters. The van der Waals surface area contributed by atoms with Crippen LogP contribution < -0.4 is 10.5 Å². The topological polar surface area (TPSA) is 57.2 Å². The predicted octanol–water partition coefficient (Wildman–Crippen LogP) is 2.24. The van der Waals surface area contributed by atoms with Gasteiger partial charge in [-0.1, -0.05) is 30.3 Å². The fourth-order valence-electron chi connectivity index (χ4n) is 1.68. The number of hydrogen-bond acceptors (Lipinski definition) is 4. The summed E-state index contributed by atoms with van der Waals surface area (Å²) in [5.74, 6) is 0.461. The van der Waals surface area contributed by atoms with E-state index in [9.17, 15) is 4.79 Å². The lowest BCUT2D eigenvalue weighted by atomic mass is 10.1. The minimum Gasteiger partial charge on any atom is -0.422 e. The molecule has 0 bridgehead atoms. The first-order valence-corrected chi connectivity index (χ1v) is 5.44. The van der Waals surface area contributed by atoms with E-state index >= 15 is 0 Å². The zero-order valence-corrected chi connectivity index (χ0v) is 10.2. The SMILES string of the molecule is CN(C)c1cc(-c2ccccc2)oc(=O)c1C#N. The summed E-state index contributed by atoms with van der Waals surface area (Å²) in [6.45, 7) is 0. The van der Waals surface area contributed by atoms with E-state index in [1.807, 2.05) is 36.4 Å². The Morgan fingerprint density at radius 2 is 1.89 bits per heavy atom. The molecule has 4 heteroatoms. The standard InChI is InChI=1S/C14H12N2O2/c1-16(2)12-8-13(10-6-4-3-5-7-10)18-14(17)11(12)9-15/h3-8H,1-2H3. The van der Waals surface area contributed by atoms with Crippen molar-refractivity contribution < 1.29 is 4.42 Å². The van der Waals surface area contributed by atoms with E-state index in [2.05, 4.69) is 0 Å². The van der Waals surface area contributed by atoms with Crippen molar-refractivity contribution in [1.82, 2.24) is 0 Å². The van der Waals surface area contributed by atoms with E-state index in [0.717, 1.165) is 5.56 Å². The van der Waals surface area contributed by atoms with Crippen molar-refractivity contribution in [2.75, 3.05) is 19.0 Å². The third-order valence-corrected chi connectivity index (χ3v) is 2.58. The molecule has 90 valence electrons. The summed E-state index contributed by atoms with van der Waals surface area (Å²) in [4.78, 5) is 13.5. The number of benzene rings is 1. The number of anilines is 1.